The van der Waals surface area contributed by atoms with Crippen molar-refractivity contribution in [3.05, 3.63) is 90.3 Å². The van der Waals surface area contributed by atoms with Crippen molar-refractivity contribution in [2.45, 2.75) is 51.6 Å². The van der Waals surface area contributed by atoms with Crippen LogP contribution >= 0.6 is 0 Å². The summed E-state index contributed by atoms with van der Waals surface area (Å²) in [7, 11) is 4.89. The number of fused-ring (bicyclic) bond motifs is 3. The largest absolute Gasteiger partial charge is 0.493 e. The SMILES string of the molecule is C=C1C[C@H]2C=Nc3cc(OCCCC(=O)Nc4cn(C)c(C(=O)Nc5cc(C(=O)n6ccc7cc(NC(C)(C)C)ccc76)n(C)c5)n4)c(OC)cc3C(=O)N2C1. The summed E-state index contributed by atoms with van der Waals surface area (Å²) in [6, 6.07) is 12.6. The number of amides is 3. The third kappa shape index (κ3) is 7.78. The van der Waals surface area contributed by atoms with Gasteiger partial charge >= 0.3 is 0 Å². The molecule has 1 fully saturated rings. The van der Waals surface area contributed by atoms with E-state index >= 15 is 0 Å². The topological polar surface area (TPSA) is 166 Å². The van der Waals surface area contributed by atoms with Gasteiger partial charge < -0.3 is 39.5 Å². The van der Waals surface area contributed by atoms with Crippen molar-refractivity contribution >= 4 is 63.6 Å². The summed E-state index contributed by atoms with van der Waals surface area (Å²) >= 11 is 0. The third-order valence-electron chi connectivity index (χ3n) is 9.51. The summed E-state index contributed by atoms with van der Waals surface area (Å²) in [6.45, 7) is 11.0. The molecule has 3 aromatic heterocycles. The van der Waals surface area contributed by atoms with Crippen LogP contribution in [0, 0.1) is 0 Å². The number of nitrogens with zero attached hydrogens (tertiary/aromatic N) is 6. The van der Waals surface area contributed by atoms with Crippen LogP contribution in [0.3, 0.4) is 0 Å². The van der Waals surface area contributed by atoms with Crippen molar-refractivity contribution in [3.63, 3.8) is 0 Å². The van der Waals surface area contributed by atoms with E-state index in [0.717, 1.165) is 22.2 Å². The molecule has 5 aromatic rings. The molecule has 0 spiro atoms. The van der Waals surface area contributed by atoms with E-state index in [1.54, 1.807) is 71.1 Å². The maximum Gasteiger partial charge on any atom is 0.291 e. The number of aliphatic imine (C=N–C) groups is 1. The monoisotopic (exact) mass is 759 g/mol. The molecule has 15 nitrogen and oxygen atoms in total. The Morgan fingerprint density at radius 1 is 0.982 bits per heavy atom. The minimum Gasteiger partial charge on any atom is -0.493 e. The quantitative estimate of drug-likeness (QED) is 0.106. The van der Waals surface area contributed by atoms with Gasteiger partial charge in [0.25, 0.3) is 17.7 Å². The molecule has 0 bridgehead atoms. The number of rotatable bonds is 11. The van der Waals surface area contributed by atoms with Crippen molar-refractivity contribution in [3.8, 4) is 11.5 Å². The van der Waals surface area contributed by atoms with Crippen molar-refractivity contribution < 1.29 is 28.7 Å². The molecule has 1 atom stereocenters. The average Bonchev–Trinajstić information content (AvgIpc) is 3.91. The molecule has 0 unspecified atom stereocenters. The van der Waals surface area contributed by atoms with Crippen LogP contribution in [0.2, 0.25) is 0 Å². The van der Waals surface area contributed by atoms with E-state index in [2.05, 4.69) is 53.3 Å². The number of hydrogen-bond donors (Lipinski definition) is 3. The summed E-state index contributed by atoms with van der Waals surface area (Å²) in [5.41, 5.74) is 4.33. The van der Waals surface area contributed by atoms with E-state index in [4.69, 9.17) is 9.47 Å². The van der Waals surface area contributed by atoms with Gasteiger partial charge in [0.15, 0.2) is 17.3 Å². The Balaban J connectivity index is 0.929. The molecule has 1 saturated heterocycles. The average molecular weight is 760 g/mol. The van der Waals surface area contributed by atoms with Gasteiger partial charge in [0.1, 0.15) is 5.69 Å². The molecule has 290 valence electrons. The second-order valence-corrected chi connectivity index (χ2v) is 15.1. The highest BCUT2D eigenvalue weighted by Crippen LogP contribution is 2.38. The Bertz CT molecular complexity index is 2430. The van der Waals surface area contributed by atoms with Gasteiger partial charge in [-0.25, -0.2) is 4.98 Å². The first-order valence-corrected chi connectivity index (χ1v) is 18.3. The van der Waals surface area contributed by atoms with Gasteiger partial charge in [-0.15, -0.1) is 0 Å². The van der Waals surface area contributed by atoms with Crippen LogP contribution in [0.25, 0.3) is 10.9 Å². The molecule has 0 aliphatic carbocycles. The number of benzene rings is 2. The third-order valence-corrected chi connectivity index (χ3v) is 9.51. The number of carbonyl (C=O) groups excluding carboxylic acids is 4. The Morgan fingerprint density at radius 2 is 1.79 bits per heavy atom. The summed E-state index contributed by atoms with van der Waals surface area (Å²) in [5, 5.41) is 9.92. The fourth-order valence-corrected chi connectivity index (χ4v) is 6.95. The Morgan fingerprint density at radius 3 is 2.55 bits per heavy atom. The number of aromatic nitrogens is 4. The van der Waals surface area contributed by atoms with Crippen molar-refractivity contribution in [2.24, 2.45) is 19.1 Å². The molecule has 7 rings (SSSR count). The van der Waals surface area contributed by atoms with E-state index in [9.17, 15) is 19.2 Å². The van der Waals surface area contributed by atoms with Crippen molar-refractivity contribution in [1.29, 1.82) is 0 Å². The predicted molar refractivity (Wildman–Crippen MR) is 215 cm³/mol. The molecular formula is C41H45N9O6. The van der Waals surface area contributed by atoms with Gasteiger partial charge in [-0.05, 0) is 70.0 Å². The number of hydrogen-bond acceptors (Lipinski definition) is 9. The standard InChI is InChI=1S/C41H45N9O6/c1-24-15-28-20-42-30-19-34(33(55-7)18-29(30)39(53)50(28)21-24)56-14-8-9-36(51)44-35-23-48(6)37(45-35)38(52)43-27-17-32(47(5)22-27)40(54)49-13-12-25-16-26(10-11-31(25)49)46-41(2,3)4/h10-13,16-20,22-23,28,46H,1,8-9,14-15,21H2,2-7H3,(H,43,52)(H,44,51)/t28-/m0/s1. The van der Waals surface area contributed by atoms with Gasteiger partial charge in [-0.3, -0.25) is 28.7 Å². The van der Waals surface area contributed by atoms with Crippen LogP contribution in [0.4, 0.5) is 22.9 Å². The molecule has 2 aromatic carbocycles. The highest BCUT2D eigenvalue weighted by Gasteiger charge is 2.34. The molecule has 0 radical (unpaired) electrons. The Labute approximate surface area is 324 Å². The molecule has 15 heteroatoms. The fraction of sp³-hybridized carbons (Fsp3) is 0.317. The maximum absolute atomic E-state index is 13.6. The number of aryl methyl sites for hydroxylation is 2. The van der Waals surface area contributed by atoms with E-state index in [-0.39, 0.29) is 54.0 Å². The number of imidazole rings is 1. The van der Waals surface area contributed by atoms with Crippen molar-refractivity contribution in [2.75, 3.05) is 36.2 Å². The van der Waals surface area contributed by atoms with Crippen molar-refractivity contribution in [1.82, 2.24) is 23.6 Å². The predicted octanol–water partition coefficient (Wildman–Crippen LogP) is 6.16. The first-order valence-electron chi connectivity index (χ1n) is 18.3. The van der Waals surface area contributed by atoms with Crippen LogP contribution < -0.4 is 25.4 Å². The van der Waals surface area contributed by atoms with Crippen LogP contribution in [-0.2, 0) is 18.9 Å². The van der Waals surface area contributed by atoms with Gasteiger partial charge in [0.05, 0.1) is 42.2 Å². The molecule has 5 heterocycles. The number of ether oxygens (including phenoxy) is 2. The van der Waals surface area contributed by atoms with Gasteiger partial charge in [0.2, 0.25) is 11.7 Å². The number of carbonyl (C=O) groups is 4. The lowest BCUT2D eigenvalue weighted by molar-refractivity contribution is -0.116. The summed E-state index contributed by atoms with van der Waals surface area (Å²) in [4.78, 5) is 63.6. The molecule has 2 aliphatic rings. The van der Waals surface area contributed by atoms with Crippen LogP contribution in [-0.4, -0.2) is 85.3 Å². The smallest absolute Gasteiger partial charge is 0.291 e. The zero-order valence-electron chi connectivity index (χ0n) is 32.3. The van der Waals surface area contributed by atoms with E-state index in [1.807, 2.05) is 24.3 Å². The minimum atomic E-state index is -0.511. The summed E-state index contributed by atoms with van der Waals surface area (Å²) in [5.74, 6) is -0.113. The highest BCUT2D eigenvalue weighted by atomic mass is 16.5. The lowest BCUT2D eigenvalue weighted by Gasteiger charge is -2.22. The molecule has 3 amide bonds. The minimum absolute atomic E-state index is 0.0678. The molecule has 3 N–H and O–H groups in total. The fourth-order valence-electron chi connectivity index (χ4n) is 6.95. The second-order valence-electron chi connectivity index (χ2n) is 15.1. The van der Waals surface area contributed by atoms with E-state index < -0.39 is 5.91 Å². The first-order chi connectivity index (χ1) is 26.7. The normalized spacial score (nSPS) is 15.0. The van der Waals surface area contributed by atoms with Gasteiger partial charge in [-0.2, -0.15) is 0 Å². The van der Waals surface area contributed by atoms with Crippen LogP contribution in [0.5, 0.6) is 11.5 Å². The molecule has 56 heavy (non-hydrogen) atoms. The Hall–Kier alpha value is -6.64. The molecular weight excluding hydrogens is 715 g/mol. The number of anilines is 3. The maximum atomic E-state index is 13.6. The lowest BCUT2D eigenvalue weighted by Crippen LogP contribution is -2.35. The van der Waals surface area contributed by atoms with Gasteiger partial charge in [-0.1, -0.05) is 12.2 Å². The second kappa shape index (κ2) is 14.9. The number of nitrogens with one attached hydrogen (secondary N) is 3. The summed E-state index contributed by atoms with van der Waals surface area (Å²) < 4.78 is 16.2. The molecule has 2 aliphatic heterocycles. The lowest BCUT2D eigenvalue weighted by atomic mass is 10.1. The first kappa shape index (κ1) is 37.7. The van der Waals surface area contributed by atoms with Gasteiger partial charge in [0, 0.05) is 74.5 Å². The van der Waals surface area contributed by atoms with E-state index in [1.165, 1.54) is 11.7 Å². The number of methoxy groups -OCH3 is 1. The molecule has 0 saturated carbocycles. The zero-order valence-corrected chi connectivity index (χ0v) is 32.3. The van der Waals surface area contributed by atoms with Crippen LogP contribution in [0.15, 0.2) is 78.2 Å². The van der Waals surface area contributed by atoms with E-state index in [0.29, 0.717) is 53.5 Å². The van der Waals surface area contributed by atoms with Crippen LogP contribution in [0.1, 0.15) is 71.5 Å². The summed E-state index contributed by atoms with van der Waals surface area (Å²) in [6.07, 6.45) is 7.88. The zero-order chi connectivity index (χ0) is 39.9. The Kier molecular flexibility index (Phi) is 10.0. The highest BCUT2D eigenvalue weighted by molar-refractivity contribution is 6.06.